The summed E-state index contributed by atoms with van der Waals surface area (Å²) in [7, 11) is 0. The molecule has 1 aromatic rings. The molecule has 0 radical (unpaired) electrons. The van der Waals surface area contributed by atoms with E-state index in [9.17, 15) is 0 Å². The normalized spacial score (nSPS) is 18.4. The number of hydrogen-bond donors (Lipinski definition) is 2. The van der Waals surface area contributed by atoms with Crippen molar-refractivity contribution in [3.05, 3.63) is 17.8 Å². The fourth-order valence-corrected chi connectivity index (χ4v) is 1.89. The maximum Gasteiger partial charge on any atom is 0.165 e. The van der Waals surface area contributed by atoms with E-state index in [1.54, 1.807) is 12.1 Å². The van der Waals surface area contributed by atoms with Gasteiger partial charge in [-0.15, -0.1) is 0 Å². The molecule has 0 unspecified atom stereocenters. The van der Waals surface area contributed by atoms with Gasteiger partial charge in [0, 0.05) is 18.8 Å². The number of nitrogens with two attached hydrogens (primary N) is 1. The standard InChI is InChI=1S/C12H16N4O/c1-12(4-6-17-7-5-12)16-11-3-2-9(14)10(8-13)15-11/h2-3H,4-7,14H2,1H3,(H,15,16). The van der Waals surface area contributed by atoms with Gasteiger partial charge in [0.15, 0.2) is 5.69 Å². The molecule has 2 heterocycles. The molecule has 0 spiro atoms. The second-order valence-corrected chi connectivity index (χ2v) is 4.54. The molecule has 1 aliphatic heterocycles. The number of nitrogens with zero attached hydrogens (tertiary/aromatic N) is 2. The van der Waals surface area contributed by atoms with Gasteiger partial charge in [-0.25, -0.2) is 4.98 Å². The van der Waals surface area contributed by atoms with Crippen LogP contribution in [0.1, 0.15) is 25.5 Å². The zero-order valence-corrected chi connectivity index (χ0v) is 9.86. The molecule has 1 saturated heterocycles. The molecule has 3 N–H and O–H groups in total. The third-order valence-electron chi connectivity index (χ3n) is 3.06. The largest absolute Gasteiger partial charge is 0.396 e. The van der Waals surface area contributed by atoms with Crippen LogP contribution in [0.5, 0.6) is 0 Å². The SMILES string of the molecule is CC1(Nc2ccc(N)c(C#N)n2)CCOCC1. The highest BCUT2D eigenvalue weighted by Gasteiger charge is 2.27. The molecule has 1 aromatic heterocycles. The van der Waals surface area contributed by atoms with Crippen LogP contribution < -0.4 is 11.1 Å². The molecule has 1 fully saturated rings. The predicted molar refractivity (Wildman–Crippen MR) is 65.4 cm³/mol. The lowest BCUT2D eigenvalue weighted by molar-refractivity contribution is 0.0657. The number of nitrogen functional groups attached to an aromatic ring is 1. The first-order valence-corrected chi connectivity index (χ1v) is 5.65. The second-order valence-electron chi connectivity index (χ2n) is 4.54. The van der Waals surface area contributed by atoms with Crippen LogP contribution in [0, 0.1) is 11.3 Å². The summed E-state index contributed by atoms with van der Waals surface area (Å²) in [5, 5.41) is 12.2. The minimum absolute atomic E-state index is 0.0198. The Morgan fingerprint density at radius 3 is 2.82 bits per heavy atom. The summed E-state index contributed by atoms with van der Waals surface area (Å²) in [5.74, 6) is 0.695. The van der Waals surface area contributed by atoms with Crippen molar-refractivity contribution in [3.63, 3.8) is 0 Å². The molecular weight excluding hydrogens is 216 g/mol. The van der Waals surface area contributed by atoms with Crippen LogP contribution in [0.2, 0.25) is 0 Å². The van der Waals surface area contributed by atoms with E-state index >= 15 is 0 Å². The molecule has 5 nitrogen and oxygen atoms in total. The summed E-state index contributed by atoms with van der Waals surface area (Å²) in [6.07, 6.45) is 1.86. The number of ether oxygens (including phenoxy) is 1. The second kappa shape index (κ2) is 4.60. The number of aromatic nitrogens is 1. The maximum absolute atomic E-state index is 8.87. The van der Waals surface area contributed by atoms with Crippen LogP contribution in [0.3, 0.4) is 0 Å². The highest BCUT2D eigenvalue weighted by Crippen LogP contribution is 2.25. The van der Waals surface area contributed by atoms with Gasteiger partial charge in [-0.1, -0.05) is 0 Å². The topological polar surface area (TPSA) is 84.0 Å². The molecular formula is C12H16N4O. The Hall–Kier alpha value is -1.80. The minimum atomic E-state index is -0.0198. The predicted octanol–water partition coefficient (Wildman–Crippen LogP) is 1.52. The lowest BCUT2D eigenvalue weighted by Crippen LogP contribution is -2.40. The molecule has 17 heavy (non-hydrogen) atoms. The van der Waals surface area contributed by atoms with E-state index in [1.165, 1.54) is 0 Å². The zero-order valence-electron chi connectivity index (χ0n) is 9.86. The highest BCUT2D eigenvalue weighted by molar-refractivity contribution is 5.55. The Kier molecular flexibility index (Phi) is 3.16. The number of nitrogens with one attached hydrogen (secondary N) is 1. The van der Waals surface area contributed by atoms with Crippen LogP contribution in [0.25, 0.3) is 0 Å². The Labute approximate surface area is 101 Å². The van der Waals surface area contributed by atoms with E-state index in [4.69, 9.17) is 15.7 Å². The Bertz CT molecular complexity index is 446. The first kappa shape index (κ1) is 11.7. The van der Waals surface area contributed by atoms with Crippen molar-refractivity contribution in [1.29, 1.82) is 5.26 Å². The molecule has 0 saturated carbocycles. The van der Waals surface area contributed by atoms with E-state index in [-0.39, 0.29) is 11.2 Å². The molecule has 0 aliphatic carbocycles. The summed E-state index contributed by atoms with van der Waals surface area (Å²) in [6, 6.07) is 5.49. The van der Waals surface area contributed by atoms with Gasteiger partial charge in [-0.05, 0) is 31.9 Å². The Balaban J connectivity index is 2.15. The van der Waals surface area contributed by atoms with Crippen molar-refractivity contribution in [2.24, 2.45) is 0 Å². The van der Waals surface area contributed by atoms with Gasteiger partial charge >= 0.3 is 0 Å². The van der Waals surface area contributed by atoms with Gasteiger partial charge in [0.05, 0.1) is 5.69 Å². The van der Waals surface area contributed by atoms with E-state index in [0.29, 0.717) is 11.5 Å². The average Bonchev–Trinajstić information content (AvgIpc) is 2.32. The summed E-state index contributed by atoms with van der Waals surface area (Å²) < 4.78 is 5.33. The number of nitriles is 1. The Morgan fingerprint density at radius 1 is 1.47 bits per heavy atom. The van der Waals surface area contributed by atoms with E-state index in [2.05, 4.69) is 17.2 Å². The van der Waals surface area contributed by atoms with E-state index < -0.39 is 0 Å². The van der Waals surface area contributed by atoms with E-state index in [1.807, 2.05) is 6.07 Å². The monoisotopic (exact) mass is 232 g/mol. The maximum atomic E-state index is 8.87. The molecule has 0 amide bonds. The third-order valence-corrected chi connectivity index (χ3v) is 3.06. The van der Waals surface area contributed by atoms with Gasteiger partial charge in [0.25, 0.3) is 0 Å². The van der Waals surface area contributed by atoms with Crippen LogP contribution in [-0.4, -0.2) is 23.7 Å². The highest BCUT2D eigenvalue weighted by atomic mass is 16.5. The molecule has 1 aliphatic rings. The summed E-state index contributed by atoms with van der Waals surface area (Å²) in [6.45, 7) is 3.65. The van der Waals surface area contributed by atoms with Crippen molar-refractivity contribution >= 4 is 11.5 Å². The van der Waals surface area contributed by atoms with Gasteiger partial charge in [0.1, 0.15) is 11.9 Å². The molecule has 5 heteroatoms. The average molecular weight is 232 g/mol. The summed E-state index contributed by atoms with van der Waals surface area (Å²) in [5.41, 5.74) is 6.29. The van der Waals surface area contributed by atoms with Gasteiger partial charge in [-0.2, -0.15) is 5.26 Å². The lowest BCUT2D eigenvalue weighted by atomic mass is 9.92. The first-order chi connectivity index (χ1) is 8.13. The van der Waals surface area contributed by atoms with Crippen molar-refractivity contribution in [2.45, 2.75) is 25.3 Å². The first-order valence-electron chi connectivity index (χ1n) is 5.65. The van der Waals surface area contributed by atoms with Crippen molar-refractivity contribution in [3.8, 4) is 6.07 Å². The number of anilines is 2. The molecule has 0 bridgehead atoms. The quantitative estimate of drug-likeness (QED) is 0.807. The Morgan fingerprint density at radius 2 is 2.18 bits per heavy atom. The number of hydrogen-bond acceptors (Lipinski definition) is 5. The molecule has 0 atom stereocenters. The number of rotatable bonds is 2. The minimum Gasteiger partial charge on any atom is -0.396 e. The van der Waals surface area contributed by atoms with Gasteiger partial charge in [0.2, 0.25) is 0 Å². The van der Waals surface area contributed by atoms with Crippen molar-refractivity contribution < 1.29 is 4.74 Å². The van der Waals surface area contributed by atoms with Crippen LogP contribution in [0.15, 0.2) is 12.1 Å². The van der Waals surface area contributed by atoms with E-state index in [0.717, 1.165) is 26.1 Å². The van der Waals surface area contributed by atoms with Crippen LogP contribution >= 0.6 is 0 Å². The summed E-state index contributed by atoms with van der Waals surface area (Å²) in [4.78, 5) is 4.19. The molecule has 2 rings (SSSR count). The molecule has 0 aromatic carbocycles. The fraction of sp³-hybridized carbons (Fsp3) is 0.500. The van der Waals surface area contributed by atoms with Crippen LogP contribution in [0.4, 0.5) is 11.5 Å². The third kappa shape index (κ3) is 2.66. The summed E-state index contributed by atoms with van der Waals surface area (Å²) >= 11 is 0. The lowest BCUT2D eigenvalue weighted by Gasteiger charge is -2.34. The molecule has 90 valence electrons. The fourth-order valence-electron chi connectivity index (χ4n) is 1.89. The smallest absolute Gasteiger partial charge is 0.165 e. The van der Waals surface area contributed by atoms with Gasteiger partial charge in [-0.3, -0.25) is 0 Å². The van der Waals surface area contributed by atoms with Crippen molar-refractivity contribution in [1.82, 2.24) is 4.98 Å². The van der Waals surface area contributed by atoms with Gasteiger partial charge < -0.3 is 15.8 Å². The van der Waals surface area contributed by atoms with Crippen molar-refractivity contribution in [2.75, 3.05) is 24.3 Å². The zero-order chi connectivity index (χ0) is 12.3. The van der Waals surface area contributed by atoms with Crippen LogP contribution in [-0.2, 0) is 4.74 Å². The number of pyridine rings is 1.